The molecule has 33 heavy (non-hydrogen) atoms. The van der Waals surface area contributed by atoms with E-state index in [9.17, 15) is 4.79 Å². The molecular formula is C24H32N6O3. The molecule has 0 aliphatic carbocycles. The lowest BCUT2D eigenvalue weighted by molar-refractivity contribution is 0.0894. The van der Waals surface area contributed by atoms with Crippen molar-refractivity contribution in [1.29, 1.82) is 0 Å². The van der Waals surface area contributed by atoms with Crippen molar-refractivity contribution in [2.75, 3.05) is 26.3 Å². The van der Waals surface area contributed by atoms with E-state index < -0.39 is 0 Å². The van der Waals surface area contributed by atoms with Crippen LogP contribution in [-0.4, -0.2) is 62.5 Å². The fourth-order valence-electron chi connectivity index (χ4n) is 4.97. The molecule has 2 aliphatic heterocycles. The van der Waals surface area contributed by atoms with Gasteiger partial charge in [-0.05, 0) is 86.3 Å². The molecule has 2 saturated heterocycles. The minimum atomic E-state index is -0.321. The van der Waals surface area contributed by atoms with E-state index in [4.69, 9.17) is 9.47 Å². The van der Waals surface area contributed by atoms with E-state index in [1.54, 1.807) is 0 Å². The molecule has 0 amide bonds. The quantitative estimate of drug-likeness (QED) is 0.588. The number of pyridine rings is 1. The molecule has 0 spiro atoms. The number of aromatic nitrogens is 5. The molecule has 9 nitrogen and oxygen atoms in total. The van der Waals surface area contributed by atoms with Crippen molar-refractivity contribution < 1.29 is 9.47 Å². The van der Waals surface area contributed by atoms with Crippen molar-refractivity contribution >= 4 is 10.9 Å². The van der Waals surface area contributed by atoms with Crippen LogP contribution in [0, 0.1) is 5.92 Å². The number of likely N-dealkylation sites (tertiary alicyclic amines) is 1. The van der Waals surface area contributed by atoms with Gasteiger partial charge in [0.05, 0.1) is 19.3 Å². The Balaban J connectivity index is 1.58. The second-order valence-electron chi connectivity index (χ2n) is 9.21. The van der Waals surface area contributed by atoms with Crippen LogP contribution in [0.5, 0.6) is 5.75 Å². The molecule has 2 fully saturated rings. The fraction of sp³-hybridized carbons (Fsp3) is 0.583. The molecule has 2 aliphatic rings. The van der Waals surface area contributed by atoms with Crippen molar-refractivity contribution in [3.63, 3.8) is 0 Å². The van der Waals surface area contributed by atoms with Crippen LogP contribution in [-0.2, 0) is 11.3 Å². The third kappa shape index (κ3) is 4.65. The van der Waals surface area contributed by atoms with E-state index in [1.807, 2.05) is 35.9 Å². The Labute approximate surface area is 193 Å². The summed E-state index contributed by atoms with van der Waals surface area (Å²) in [6, 6.07) is 7.41. The number of aromatic amines is 1. The average Bonchev–Trinajstić information content (AvgIpc) is 3.49. The highest BCUT2D eigenvalue weighted by atomic mass is 16.5. The highest BCUT2D eigenvalue weighted by Crippen LogP contribution is 2.31. The second kappa shape index (κ2) is 9.61. The van der Waals surface area contributed by atoms with Crippen LogP contribution in [0.25, 0.3) is 10.9 Å². The number of benzene rings is 1. The molecule has 0 saturated carbocycles. The molecule has 5 rings (SSSR count). The second-order valence-corrected chi connectivity index (χ2v) is 9.21. The zero-order valence-electron chi connectivity index (χ0n) is 19.4. The summed E-state index contributed by atoms with van der Waals surface area (Å²) in [6.07, 6.45) is 4.34. The maximum absolute atomic E-state index is 13.3. The molecule has 176 valence electrons. The molecule has 0 radical (unpaired) electrons. The van der Waals surface area contributed by atoms with Gasteiger partial charge < -0.3 is 14.5 Å². The predicted molar refractivity (Wildman–Crippen MR) is 124 cm³/mol. The van der Waals surface area contributed by atoms with Gasteiger partial charge in [0.15, 0.2) is 5.82 Å². The van der Waals surface area contributed by atoms with Crippen molar-refractivity contribution in [2.45, 2.75) is 58.2 Å². The number of nitrogens with one attached hydrogen (secondary N) is 1. The Kier molecular flexibility index (Phi) is 6.41. The van der Waals surface area contributed by atoms with Crippen LogP contribution in [0.1, 0.15) is 57.0 Å². The smallest absolute Gasteiger partial charge is 0.253 e. The number of rotatable bonds is 7. The van der Waals surface area contributed by atoms with Gasteiger partial charge in [-0.2, -0.15) is 0 Å². The Morgan fingerprint density at radius 1 is 1.24 bits per heavy atom. The summed E-state index contributed by atoms with van der Waals surface area (Å²) >= 11 is 0. The summed E-state index contributed by atoms with van der Waals surface area (Å²) in [5.74, 6) is 2.16. The standard InChI is InChI=1S/C24H32N6O3/c1-3-32-18-6-7-21-17(13-18)14-20(24(31)25-21)22(29-10-8-16(2)9-11-29)23-26-27-28-30(23)15-19-5-4-12-33-19/h6-7,13-14,16,19,22H,3-5,8-12,15H2,1-2H3,(H,25,31). The molecule has 4 heterocycles. The number of nitrogens with zero attached hydrogens (tertiary/aromatic N) is 5. The van der Waals surface area contributed by atoms with Gasteiger partial charge >= 0.3 is 0 Å². The van der Waals surface area contributed by atoms with E-state index in [2.05, 4.69) is 32.3 Å². The number of H-pyrrole nitrogens is 1. The Morgan fingerprint density at radius 3 is 2.85 bits per heavy atom. The van der Waals surface area contributed by atoms with Crippen molar-refractivity contribution in [2.24, 2.45) is 5.92 Å². The highest BCUT2D eigenvalue weighted by molar-refractivity contribution is 5.80. The van der Waals surface area contributed by atoms with Gasteiger partial charge in [-0.15, -0.1) is 5.10 Å². The van der Waals surface area contributed by atoms with Gasteiger partial charge in [0, 0.05) is 23.1 Å². The molecule has 9 heteroatoms. The third-order valence-corrected chi connectivity index (χ3v) is 6.84. The summed E-state index contributed by atoms with van der Waals surface area (Å²) in [7, 11) is 0. The topological polar surface area (TPSA) is 98.2 Å². The number of hydrogen-bond donors (Lipinski definition) is 1. The minimum Gasteiger partial charge on any atom is -0.494 e. The third-order valence-electron chi connectivity index (χ3n) is 6.84. The Hall–Kier alpha value is -2.78. The van der Waals surface area contributed by atoms with E-state index in [-0.39, 0.29) is 17.7 Å². The van der Waals surface area contributed by atoms with Gasteiger partial charge in [-0.25, -0.2) is 4.68 Å². The van der Waals surface area contributed by atoms with Crippen LogP contribution >= 0.6 is 0 Å². The van der Waals surface area contributed by atoms with Gasteiger partial charge in [0.2, 0.25) is 0 Å². The van der Waals surface area contributed by atoms with E-state index in [0.717, 1.165) is 62.0 Å². The largest absolute Gasteiger partial charge is 0.494 e. The van der Waals surface area contributed by atoms with Gasteiger partial charge in [0.1, 0.15) is 11.8 Å². The molecule has 2 aromatic heterocycles. The molecular weight excluding hydrogens is 420 g/mol. The summed E-state index contributed by atoms with van der Waals surface area (Å²) in [4.78, 5) is 18.7. The lowest BCUT2D eigenvalue weighted by atomic mass is 9.95. The predicted octanol–water partition coefficient (Wildman–Crippen LogP) is 2.91. The molecule has 2 unspecified atom stereocenters. The molecule has 2 atom stereocenters. The summed E-state index contributed by atoms with van der Waals surface area (Å²) in [5, 5.41) is 13.6. The summed E-state index contributed by atoms with van der Waals surface area (Å²) in [6.45, 7) is 8.01. The minimum absolute atomic E-state index is 0.109. The summed E-state index contributed by atoms with van der Waals surface area (Å²) in [5.41, 5.74) is 1.34. The van der Waals surface area contributed by atoms with Crippen LogP contribution in [0.2, 0.25) is 0 Å². The first-order valence-corrected chi connectivity index (χ1v) is 12.0. The van der Waals surface area contributed by atoms with Crippen LogP contribution in [0.15, 0.2) is 29.1 Å². The lowest BCUT2D eigenvalue weighted by Crippen LogP contribution is -2.40. The number of tetrazole rings is 1. The van der Waals surface area contributed by atoms with Crippen LogP contribution in [0.4, 0.5) is 0 Å². The number of fused-ring (bicyclic) bond motifs is 1. The van der Waals surface area contributed by atoms with Gasteiger partial charge in [-0.1, -0.05) is 6.92 Å². The normalized spacial score (nSPS) is 21.0. The SMILES string of the molecule is CCOc1ccc2[nH]c(=O)c(C(c3nnnn3CC3CCCO3)N3CCC(C)CC3)cc2c1. The van der Waals surface area contributed by atoms with Gasteiger partial charge in [-0.3, -0.25) is 9.69 Å². The molecule has 1 aromatic carbocycles. The zero-order chi connectivity index (χ0) is 22.8. The number of ether oxygens (including phenoxy) is 2. The average molecular weight is 453 g/mol. The Morgan fingerprint density at radius 2 is 2.09 bits per heavy atom. The fourth-order valence-corrected chi connectivity index (χ4v) is 4.97. The molecule has 1 N–H and O–H groups in total. The van der Waals surface area contributed by atoms with Gasteiger partial charge in [0.25, 0.3) is 5.56 Å². The molecule has 3 aromatic rings. The molecule has 0 bridgehead atoms. The first kappa shape index (κ1) is 22.0. The van der Waals surface area contributed by atoms with Crippen LogP contribution < -0.4 is 10.3 Å². The first-order chi connectivity index (χ1) is 16.1. The lowest BCUT2D eigenvalue weighted by Gasteiger charge is -2.36. The van der Waals surface area contributed by atoms with Crippen molar-refractivity contribution in [3.05, 3.63) is 46.0 Å². The van der Waals surface area contributed by atoms with E-state index in [1.165, 1.54) is 0 Å². The number of piperidine rings is 1. The van der Waals surface area contributed by atoms with E-state index >= 15 is 0 Å². The van der Waals surface area contributed by atoms with E-state index in [0.29, 0.717) is 30.5 Å². The Bertz CT molecular complexity index is 1140. The first-order valence-electron chi connectivity index (χ1n) is 12.0. The number of hydrogen-bond acceptors (Lipinski definition) is 7. The van der Waals surface area contributed by atoms with Crippen molar-refractivity contribution in [1.82, 2.24) is 30.1 Å². The van der Waals surface area contributed by atoms with Crippen molar-refractivity contribution in [3.8, 4) is 5.75 Å². The summed E-state index contributed by atoms with van der Waals surface area (Å²) < 4.78 is 13.3. The zero-order valence-corrected chi connectivity index (χ0v) is 19.4. The monoisotopic (exact) mass is 452 g/mol. The van der Waals surface area contributed by atoms with Crippen LogP contribution in [0.3, 0.4) is 0 Å². The maximum Gasteiger partial charge on any atom is 0.253 e. The maximum atomic E-state index is 13.3. The highest BCUT2D eigenvalue weighted by Gasteiger charge is 2.33.